The molecule has 4 aromatic heterocycles. The monoisotopic (exact) mass is 320 g/mol. The third-order valence-corrected chi connectivity index (χ3v) is 3.86. The standard InChI is InChI=1S/C17H16N6O/c24-17-10-14(5-2-8-22-9-3-7-19-22)20-16-11-15(21-23(16)17)13-4-1-6-18-12-13/h1,3-4,6-7,9-12,21H,2,5,8H2. The lowest BCUT2D eigenvalue weighted by molar-refractivity contribution is 0.575. The number of aromatic amines is 1. The Hall–Kier alpha value is -3.22. The van der Waals surface area contributed by atoms with E-state index in [4.69, 9.17) is 0 Å². The van der Waals surface area contributed by atoms with Gasteiger partial charge in [-0.15, -0.1) is 0 Å². The fourth-order valence-corrected chi connectivity index (χ4v) is 2.69. The molecule has 0 unspecified atom stereocenters. The molecule has 120 valence electrons. The maximum atomic E-state index is 12.3. The first kappa shape index (κ1) is 14.4. The summed E-state index contributed by atoms with van der Waals surface area (Å²) in [4.78, 5) is 21.0. The third-order valence-electron chi connectivity index (χ3n) is 3.86. The van der Waals surface area contributed by atoms with Gasteiger partial charge in [0.25, 0.3) is 5.56 Å². The molecular formula is C17H16N6O. The molecule has 4 heterocycles. The van der Waals surface area contributed by atoms with Gasteiger partial charge in [-0.1, -0.05) is 0 Å². The Kier molecular flexibility index (Phi) is 3.66. The van der Waals surface area contributed by atoms with Crippen LogP contribution in [0.5, 0.6) is 0 Å². The number of pyridine rings is 1. The summed E-state index contributed by atoms with van der Waals surface area (Å²) < 4.78 is 3.33. The number of hydrogen-bond donors (Lipinski definition) is 1. The van der Waals surface area contributed by atoms with Gasteiger partial charge in [0.1, 0.15) is 0 Å². The first-order valence-electron chi connectivity index (χ1n) is 7.79. The van der Waals surface area contributed by atoms with Crippen molar-refractivity contribution in [3.8, 4) is 11.3 Å². The Labute approximate surface area is 137 Å². The van der Waals surface area contributed by atoms with Gasteiger partial charge in [-0.25, -0.2) is 9.50 Å². The van der Waals surface area contributed by atoms with Gasteiger partial charge < -0.3 is 0 Å². The highest BCUT2D eigenvalue weighted by molar-refractivity contribution is 5.62. The molecule has 0 aliphatic carbocycles. The number of hydrogen-bond acceptors (Lipinski definition) is 4. The summed E-state index contributed by atoms with van der Waals surface area (Å²) in [6.07, 6.45) is 8.77. The summed E-state index contributed by atoms with van der Waals surface area (Å²) in [5.74, 6) is 0. The highest BCUT2D eigenvalue weighted by atomic mass is 16.1. The predicted molar refractivity (Wildman–Crippen MR) is 89.6 cm³/mol. The number of rotatable bonds is 5. The van der Waals surface area contributed by atoms with Crippen LogP contribution in [-0.2, 0) is 13.0 Å². The van der Waals surface area contributed by atoms with Crippen LogP contribution in [0, 0.1) is 0 Å². The van der Waals surface area contributed by atoms with E-state index in [-0.39, 0.29) is 5.56 Å². The fourth-order valence-electron chi connectivity index (χ4n) is 2.69. The first-order valence-corrected chi connectivity index (χ1v) is 7.79. The molecule has 0 radical (unpaired) electrons. The molecule has 0 aliphatic heterocycles. The lowest BCUT2D eigenvalue weighted by Crippen LogP contribution is -2.15. The van der Waals surface area contributed by atoms with E-state index in [2.05, 4.69) is 20.2 Å². The SMILES string of the molecule is O=c1cc(CCCn2cccn2)nc2cc(-c3cccnc3)[nH]n12. The van der Waals surface area contributed by atoms with Gasteiger partial charge in [-0.05, 0) is 31.0 Å². The number of nitrogens with zero attached hydrogens (tertiary/aromatic N) is 5. The zero-order valence-electron chi connectivity index (χ0n) is 13.0. The summed E-state index contributed by atoms with van der Waals surface area (Å²) >= 11 is 0. The van der Waals surface area contributed by atoms with Crippen molar-refractivity contribution in [3.63, 3.8) is 0 Å². The van der Waals surface area contributed by atoms with E-state index >= 15 is 0 Å². The van der Waals surface area contributed by atoms with Gasteiger partial charge >= 0.3 is 0 Å². The van der Waals surface area contributed by atoms with Crippen LogP contribution in [0.25, 0.3) is 16.9 Å². The fraction of sp³-hybridized carbons (Fsp3) is 0.176. The van der Waals surface area contributed by atoms with Gasteiger partial charge in [0.2, 0.25) is 0 Å². The molecule has 0 bridgehead atoms. The molecule has 0 atom stereocenters. The van der Waals surface area contributed by atoms with Gasteiger partial charge in [0.15, 0.2) is 5.65 Å². The summed E-state index contributed by atoms with van der Waals surface area (Å²) in [6.45, 7) is 0.808. The lowest BCUT2D eigenvalue weighted by Gasteiger charge is -2.02. The molecule has 1 N–H and O–H groups in total. The molecule has 24 heavy (non-hydrogen) atoms. The van der Waals surface area contributed by atoms with Crippen molar-refractivity contribution in [1.29, 1.82) is 0 Å². The molecule has 0 aliphatic rings. The van der Waals surface area contributed by atoms with E-state index < -0.39 is 0 Å². The summed E-state index contributed by atoms with van der Waals surface area (Å²) in [5.41, 5.74) is 3.05. The Balaban J connectivity index is 1.58. The van der Waals surface area contributed by atoms with Crippen molar-refractivity contribution in [2.45, 2.75) is 19.4 Å². The Morgan fingerprint density at radius 1 is 1.17 bits per heavy atom. The number of fused-ring (bicyclic) bond motifs is 1. The number of aromatic nitrogens is 6. The number of nitrogens with one attached hydrogen (secondary N) is 1. The van der Waals surface area contributed by atoms with Crippen LogP contribution in [0.15, 0.2) is 59.9 Å². The van der Waals surface area contributed by atoms with E-state index in [1.54, 1.807) is 24.7 Å². The molecule has 0 fully saturated rings. The second kappa shape index (κ2) is 6.11. The van der Waals surface area contributed by atoms with Crippen molar-refractivity contribution in [3.05, 3.63) is 71.2 Å². The van der Waals surface area contributed by atoms with Crippen LogP contribution in [0.3, 0.4) is 0 Å². The minimum Gasteiger partial charge on any atom is -0.289 e. The van der Waals surface area contributed by atoms with Gasteiger partial charge in [-0.3, -0.25) is 19.6 Å². The molecule has 7 heteroatoms. The minimum atomic E-state index is -0.107. The van der Waals surface area contributed by atoms with Crippen LogP contribution in [0.4, 0.5) is 0 Å². The average molecular weight is 320 g/mol. The number of aryl methyl sites for hydroxylation is 2. The van der Waals surface area contributed by atoms with Crippen molar-refractivity contribution in [2.24, 2.45) is 0 Å². The highest BCUT2D eigenvalue weighted by Crippen LogP contribution is 2.16. The quantitative estimate of drug-likeness (QED) is 0.609. The maximum Gasteiger partial charge on any atom is 0.272 e. The van der Waals surface area contributed by atoms with E-state index in [0.717, 1.165) is 36.3 Å². The number of H-pyrrole nitrogens is 1. The largest absolute Gasteiger partial charge is 0.289 e. The molecular weight excluding hydrogens is 304 g/mol. The predicted octanol–water partition coefficient (Wildman–Crippen LogP) is 1.91. The van der Waals surface area contributed by atoms with Crippen molar-refractivity contribution in [1.82, 2.24) is 29.4 Å². The molecule has 0 aromatic carbocycles. The van der Waals surface area contributed by atoms with E-state index in [1.807, 2.05) is 35.1 Å². The van der Waals surface area contributed by atoms with Gasteiger partial charge in [0.05, 0.1) is 5.69 Å². The van der Waals surface area contributed by atoms with Crippen LogP contribution in [-0.4, -0.2) is 29.4 Å². The summed E-state index contributed by atoms with van der Waals surface area (Å²) in [7, 11) is 0. The van der Waals surface area contributed by atoms with Gasteiger partial charge in [-0.2, -0.15) is 5.10 Å². The topological polar surface area (TPSA) is 80.9 Å². The Bertz CT molecular complexity index is 1000. The summed E-state index contributed by atoms with van der Waals surface area (Å²) in [5, 5.41) is 7.24. The molecule has 0 saturated heterocycles. The molecule has 7 nitrogen and oxygen atoms in total. The molecule has 0 amide bonds. The van der Waals surface area contributed by atoms with Crippen LogP contribution < -0.4 is 5.56 Å². The Morgan fingerprint density at radius 2 is 2.12 bits per heavy atom. The Morgan fingerprint density at radius 3 is 2.92 bits per heavy atom. The third kappa shape index (κ3) is 2.83. The van der Waals surface area contributed by atoms with Crippen LogP contribution in [0.1, 0.15) is 12.1 Å². The zero-order valence-corrected chi connectivity index (χ0v) is 13.0. The van der Waals surface area contributed by atoms with Crippen LogP contribution in [0.2, 0.25) is 0 Å². The maximum absolute atomic E-state index is 12.3. The van der Waals surface area contributed by atoms with Crippen molar-refractivity contribution >= 4 is 5.65 Å². The smallest absolute Gasteiger partial charge is 0.272 e. The van der Waals surface area contributed by atoms with E-state index in [9.17, 15) is 4.79 Å². The van der Waals surface area contributed by atoms with Crippen molar-refractivity contribution in [2.75, 3.05) is 0 Å². The van der Waals surface area contributed by atoms with Crippen LogP contribution >= 0.6 is 0 Å². The normalized spacial score (nSPS) is 11.2. The van der Waals surface area contributed by atoms with Gasteiger partial charge in [0, 0.05) is 54.7 Å². The lowest BCUT2D eigenvalue weighted by atomic mass is 10.2. The molecule has 0 spiro atoms. The first-order chi connectivity index (χ1) is 11.8. The van der Waals surface area contributed by atoms with Crippen molar-refractivity contribution < 1.29 is 0 Å². The van der Waals surface area contributed by atoms with E-state index in [1.165, 1.54) is 4.52 Å². The minimum absolute atomic E-state index is 0.107. The average Bonchev–Trinajstić information content (AvgIpc) is 3.25. The summed E-state index contributed by atoms with van der Waals surface area (Å²) in [6, 6.07) is 9.15. The second-order valence-electron chi connectivity index (χ2n) is 5.56. The molecule has 4 aromatic rings. The van der Waals surface area contributed by atoms with E-state index in [0.29, 0.717) is 5.65 Å². The highest BCUT2D eigenvalue weighted by Gasteiger charge is 2.08. The molecule has 4 rings (SSSR count). The molecule has 0 saturated carbocycles. The second-order valence-corrected chi connectivity index (χ2v) is 5.56. The zero-order chi connectivity index (χ0) is 16.4.